The van der Waals surface area contributed by atoms with Gasteiger partial charge in [-0.1, -0.05) is 12.1 Å². The Kier molecular flexibility index (Phi) is 5.43. The van der Waals surface area contributed by atoms with Crippen LogP contribution in [0.1, 0.15) is 24.2 Å². The van der Waals surface area contributed by atoms with Crippen molar-refractivity contribution in [1.29, 1.82) is 0 Å². The molecule has 0 aliphatic carbocycles. The normalized spacial score (nSPS) is 18.5. The number of rotatable bonds is 6. The van der Waals surface area contributed by atoms with Gasteiger partial charge in [-0.3, -0.25) is 9.69 Å². The molecule has 0 spiro atoms. The van der Waals surface area contributed by atoms with Crippen molar-refractivity contribution in [2.75, 3.05) is 18.4 Å². The number of carbonyl (C=O) groups is 1. The number of primary amides is 1. The maximum atomic E-state index is 11.4. The second-order valence-corrected chi connectivity index (χ2v) is 6.61. The maximum Gasteiger partial charge on any atom is 0.221 e. The van der Waals surface area contributed by atoms with Gasteiger partial charge in [0.05, 0.1) is 12.5 Å². The number of hydrogen-bond donors (Lipinski definition) is 2. The lowest BCUT2D eigenvalue weighted by molar-refractivity contribution is -0.123. The Labute approximate surface area is 146 Å². The van der Waals surface area contributed by atoms with Gasteiger partial charge in [0.25, 0.3) is 0 Å². The molecule has 1 saturated heterocycles. The summed E-state index contributed by atoms with van der Waals surface area (Å²) in [6.07, 6.45) is 1.93. The number of hydrogen-bond acceptors (Lipinski definition) is 4. The first-order valence-electron chi connectivity index (χ1n) is 8.19. The maximum absolute atomic E-state index is 11.4. The zero-order valence-electron chi connectivity index (χ0n) is 13.5. The summed E-state index contributed by atoms with van der Waals surface area (Å²) >= 11 is 5.76. The van der Waals surface area contributed by atoms with Gasteiger partial charge >= 0.3 is 0 Å². The minimum atomic E-state index is -0.183. The van der Waals surface area contributed by atoms with Crippen LogP contribution in [0.4, 0.5) is 5.69 Å². The van der Waals surface area contributed by atoms with Crippen LogP contribution in [0.2, 0.25) is 5.22 Å². The molecule has 6 heteroatoms. The average Bonchev–Trinajstić information content (AvgIpc) is 3.00. The third-order valence-electron chi connectivity index (χ3n) is 4.36. The van der Waals surface area contributed by atoms with Gasteiger partial charge in [0.2, 0.25) is 5.91 Å². The Bertz CT molecular complexity index is 684. The van der Waals surface area contributed by atoms with E-state index in [1.807, 2.05) is 6.07 Å². The number of nitrogens with one attached hydrogen (secondary N) is 1. The molecule has 0 saturated carbocycles. The highest BCUT2D eigenvalue weighted by atomic mass is 35.5. The Morgan fingerprint density at radius 1 is 1.29 bits per heavy atom. The van der Waals surface area contributed by atoms with Crippen molar-refractivity contribution >= 4 is 23.2 Å². The van der Waals surface area contributed by atoms with E-state index in [0.717, 1.165) is 43.9 Å². The highest BCUT2D eigenvalue weighted by Crippen LogP contribution is 2.20. The lowest BCUT2D eigenvalue weighted by Gasteiger charge is -2.31. The summed E-state index contributed by atoms with van der Waals surface area (Å²) in [4.78, 5) is 13.7. The molecule has 2 aromatic rings. The third kappa shape index (κ3) is 4.52. The van der Waals surface area contributed by atoms with Crippen LogP contribution >= 0.6 is 11.6 Å². The van der Waals surface area contributed by atoms with Crippen LogP contribution in [0.5, 0.6) is 0 Å². The molecule has 0 radical (unpaired) electrons. The summed E-state index contributed by atoms with van der Waals surface area (Å²) in [5.41, 5.74) is 7.69. The van der Waals surface area contributed by atoms with Crippen molar-refractivity contribution in [3.8, 4) is 0 Å². The van der Waals surface area contributed by atoms with Gasteiger partial charge in [-0.05, 0) is 60.8 Å². The zero-order chi connectivity index (χ0) is 16.9. The van der Waals surface area contributed by atoms with E-state index in [-0.39, 0.29) is 11.8 Å². The molecule has 1 fully saturated rings. The molecule has 1 aliphatic rings. The molecule has 1 amide bonds. The van der Waals surface area contributed by atoms with Crippen LogP contribution in [-0.4, -0.2) is 23.9 Å². The van der Waals surface area contributed by atoms with Crippen LogP contribution in [0.25, 0.3) is 0 Å². The summed E-state index contributed by atoms with van der Waals surface area (Å²) in [6.45, 7) is 3.22. The van der Waals surface area contributed by atoms with E-state index < -0.39 is 0 Å². The predicted octanol–water partition coefficient (Wildman–Crippen LogP) is 3.24. The van der Waals surface area contributed by atoms with Gasteiger partial charge in [-0.2, -0.15) is 0 Å². The van der Waals surface area contributed by atoms with Crippen LogP contribution in [0.3, 0.4) is 0 Å². The lowest BCUT2D eigenvalue weighted by Crippen LogP contribution is -2.40. The fraction of sp³-hybridized carbons (Fsp3) is 0.389. The molecule has 1 aromatic heterocycles. The standard InChI is InChI=1S/C18H22ClN3O2/c19-17-8-7-16(24-17)10-21-15-5-3-13(4-6-15)11-22-9-1-2-14(12-22)18(20)23/h3-8,14,21H,1-2,9-12H2,(H2,20,23)/t14-/m1/s1. The minimum absolute atomic E-state index is 0.0141. The van der Waals surface area contributed by atoms with E-state index in [2.05, 4.69) is 34.5 Å². The number of halogens is 1. The number of piperidine rings is 1. The minimum Gasteiger partial charge on any atom is -0.448 e. The highest BCUT2D eigenvalue weighted by molar-refractivity contribution is 6.28. The molecule has 3 N–H and O–H groups in total. The van der Waals surface area contributed by atoms with Gasteiger partial charge in [-0.15, -0.1) is 0 Å². The SMILES string of the molecule is NC(=O)[C@@H]1CCCN(Cc2ccc(NCc3ccc(Cl)o3)cc2)C1. The molecular formula is C18H22ClN3O2. The number of amides is 1. The highest BCUT2D eigenvalue weighted by Gasteiger charge is 2.23. The molecule has 128 valence electrons. The second-order valence-electron chi connectivity index (χ2n) is 6.23. The number of likely N-dealkylation sites (tertiary alicyclic amines) is 1. The van der Waals surface area contributed by atoms with Gasteiger partial charge in [0.15, 0.2) is 5.22 Å². The smallest absolute Gasteiger partial charge is 0.221 e. The van der Waals surface area contributed by atoms with E-state index in [9.17, 15) is 4.79 Å². The van der Waals surface area contributed by atoms with E-state index in [1.165, 1.54) is 5.56 Å². The largest absolute Gasteiger partial charge is 0.448 e. The monoisotopic (exact) mass is 347 g/mol. The predicted molar refractivity (Wildman–Crippen MR) is 94.7 cm³/mol. The van der Waals surface area contributed by atoms with Crippen LogP contribution < -0.4 is 11.1 Å². The fourth-order valence-electron chi connectivity index (χ4n) is 3.05. The molecule has 5 nitrogen and oxygen atoms in total. The van der Waals surface area contributed by atoms with Crippen molar-refractivity contribution in [1.82, 2.24) is 4.90 Å². The van der Waals surface area contributed by atoms with Gasteiger partial charge in [-0.25, -0.2) is 0 Å². The fourth-order valence-corrected chi connectivity index (χ4v) is 3.22. The molecule has 0 bridgehead atoms. The van der Waals surface area contributed by atoms with E-state index in [1.54, 1.807) is 6.07 Å². The number of nitrogens with two attached hydrogens (primary N) is 1. The Hall–Kier alpha value is -1.98. The molecule has 1 aliphatic heterocycles. The van der Waals surface area contributed by atoms with Crippen molar-refractivity contribution in [2.45, 2.75) is 25.9 Å². The first kappa shape index (κ1) is 16.9. The van der Waals surface area contributed by atoms with E-state index >= 15 is 0 Å². The van der Waals surface area contributed by atoms with Crippen LogP contribution in [-0.2, 0) is 17.9 Å². The topological polar surface area (TPSA) is 71.5 Å². The summed E-state index contributed by atoms with van der Waals surface area (Å²) < 4.78 is 5.32. The molecule has 2 heterocycles. The molecule has 0 unspecified atom stereocenters. The molecule has 3 rings (SSSR count). The number of anilines is 1. The second kappa shape index (κ2) is 7.73. The van der Waals surface area contributed by atoms with Crippen molar-refractivity contribution < 1.29 is 9.21 Å². The first-order valence-corrected chi connectivity index (χ1v) is 8.56. The Balaban J connectivity index is 1.51. The lowest BCUT2D eigenvalue weighted by atomic mass is 9.97. The Morgan fingerprint density at radius 3 is 2.75 bits per heavy atom. The van der Waals surface area contributed by atoms with Crippen LogP contribution in [0.15, 0.2) is 40.8 Å². The molecular weight excluding hydrogens is 326 g/mol. The zero-order valence-corrected chi connectivity index (χ0v) is 14.3. The van der Waals surface area contributed by atoms with Crippen molar-refractivity contribution in [3.05, 3.63) is 52.9 Å². The quantitative estimate of drug-likeness (QED) is 0.841. The van der Waals surface area contributed by atoms with E-state index in [4.69, 9.17) is 21.8 Å². The van der Waals surface area contributed by atoms with Crippen LogP contribution in [0, 0.1) is 5.92 Å². The van der Waals surface area contributed by atoms with Gasteiger partial charge in [0.1, 0.15) is 5.76 Å². The first-order chi connectivity index (χ1) is 11.6. The molecule has 1 atom stereocenters. The van der Waals surface area contributed by atoms with Gasteiger partial charge in [0, 0.05) is 18.8 Å². The summed E-state index contributed by atoms with van der Waals surface area (Å²) in [6, 6.07) is 11.9. The molecule has 24 heavy (non-hydrogen) atoms. The number of benzene rings is 1. The number of nitrogens with zero attached hydrogens (tertiary/aromatic N) is 1. The Morgan fingerprint density at radius 2 is 2.08 bits per heavy atom. The van der Waals surface area contributed by atoms with E-state index in [0.29, 0.717) is 11.8 Å². The van der Waals surface area contributed by atoms with Gasteiger partial charge < -0.3 is 15.5 Å². The molecule has 1 aromatic carbocycles. The average molecular weight is 348 g/mol. The third-order valence-corrected chi connectivity index (χ3v) is 4.57. The number of furan rings is 1. The summed E-state index contributed by atoms with van der Waals surface area (Å²) in [7, 11) is 0. The summed E-state index contributed by atoms with van der Waals surface area (Å²) in [5, 5.41) is 3.70. The van der Waals surface area contributed by atoms with Crippen molar-refractivity contribution in [3.63, 3.8) is 0 Å². The number of carbonyl (C=O) groups excluding carboxylic acids is 1. The van der Waals surface area contributed by atoms with Crippen molar-refractivity contribution in [2.24, 2.45) is 11.7 Å². The summed E-state index contributed by atoms with van der Waals surface area (Å²) in [5.74, 6) is 0.604.